The molecule has 0 radical (unpaired) electrons. The summed E-state index contributed by atoms with van der Waals surface area (Å²) < 4.78 is 5.15. The van der Waals surface area contributed by atoms with E-state index < -0.39 is 5.97 Å². The molecule has 1 aliphatic carbocycles. The van der Waals surface area contributed by atoms with Gasteiger partial charge in [0.2, 0.25) is 0 Å². The number of nitrogens with one attached hydrogen (secondary N) is 2. The zero-order chi connectivity index (χ0) is 16.8. The van der Waals surface area contributed by atoms with Gasteiger partial charge in [-0.25, -0.2) is 4.79 Å². The Balaban J connectivity index is 1.85. The molecule has 2 rings (SSSR count). The summed E-state index contributed by atoms with van der Waals surface area (Å²) in [7, 11) is 1.74. The van der Waals surface area contributed by atoms with Gasteiger partial charge in [0.05, 0.1) is 5.56 Å². The number of anilines is 1. The van der Waals surface area contributed by atoms with Crippen LogP contribution in [0.3, 0.4) is 0 Å². The van der Waals surface area contributed by atoms with E-state index in [1.807, 2.05) is 6.07 Å². The molecule has 0 bridgehead atoms. The topological polar surface area (TPSA) is 67.4 Å². The van der Waals surface area contributed by atoms with E-state index in [-0.39, 0.29) is 18.6 Å². The molecule has 0 aliphatic heterocycles. The Hall–Kier alpha value is -2.04. The summed E-state index contributed by atoms with van der Waals surface area (Å²) >= 11 is 0. The number of hydrogen-bond acceptors (Lipinski definition) is 4. The minimum atomic E-state index is -0.491. The molecule has 23 heavy (non-hydrogen) atoms. The van der Waals surface area contributed by atoms with Crippen LogP contribution in [0.5, 0.6) is 0 Å². The molecular formula is C18H26N2O3. The maximum atomic E-state index is 12.1. The van der Waals surface area contributed by atoms with Gasteiger partial charge in [0.1, 0.15) is 0 Å². The fraction of sp³-hybridized carbons (Fsp3) is 0.556. The number of para-hydroxylation sites is 1. The van der Waals surface area contributed by atoms with Crippen molar-refractivity contribution in [2.24, 2.45) is 11.8 Å². The molecule has 1 aromatic carbocycles. The summed E-state index contributed by atoms with van der Waals surface area (Å²) in [4.78, 5) is 24.1. The van der Waals surface area contributed by atoms with Crippen molar-refractivity contribution in [3.8, 4) is 0 Å². The number of carbonyl (C=O) groups is 2. The van der Waals surface area contributed by atoms with E-state index in [9.17, 15) is 9.59 Å². The lowest BCUT2D eigenvalue weighted by Crippen LogP contribution is -2.45. The highest BCUT2D eigenvalue weighted by Gasteiger charge is 2.28. The van der Waals surface area contributed by atoms with Crippen molar-refractivity contribution in [1.82, 2.24) is 5.32 Å². The maximum Gasteiger partial charge on any atom is 0.340 e. The van der Waals surface area contributed by atoms with Gasteiger partial charge in [-0.3, -0.25) is 4.79 Å². The van der Waals surface area contributed by atoms with E-state index in [2.05, 4.69) is 24.5 Å². The first-order valence-corrected chi connectivity index (χ1v) is 8.26. The third-order valence-electron chi connectivity index (χ3n) is 4.80. The van der Waals surface area contributed by atoms with Gasteiger partial charge in [0.15, 0.2) is 6.61 Å². The van der Waals surface area contributed by atoms with Crippen LogP contribution in [0.1, 0.15) is 43.5 Å². The minimum absolute atomic E-state index is 0.176. The largest absolute Gasteiger partial charge is 0.452 e. The summed E-state index contributed by atoms with van der Waals surface area (Å²) in [6.07, 6.45) is 3.34. The second-order valence-electron chi connectivity index (χ2n) is 6.31. The summed E-state index contributed by atoms with van der Waals surface area (Å²) in [6.45, 7) is 4.15. The van der Waals surface area contributed by atoms with Crippen LogP contribution in [0.15, 0.2) is 24.3 Å². The highest BCUT2D eigenvalue weighted by molar-refractivity contribution is 5.96. The first kappa shape index (κ1) is 17.3. The lowest BCUT2D eigenvalue weighted by molar-refractivity contribution is -0.125. The Morgan fingerprint density at radius 1 is 1.22 bits per heavy atom. The molecule has 1 aromatic rings. The van der Waals surface area contributed by atoms with Gasteiger partial charge in [-0.2, -0.15) is 0 Å². The second-order valence-corrected chi connectivity index (χ2v) is 6.31. The van der Waals surface area contributed by atoms with Crippen molar-refractivity contribution in [3.63, 3.8) is 0 Å². The molecule has 0 spiro atoms. The Kier molecular flexibility index (Phi) is 6.02. The number of rotatable bonds is 5. The summed E-state index contributed by atoms with van der Waals surface area (Å²) in [6, 6.07) is 7.25. The zero-order valence-corrected chi connectivity index (χ0v) is 14.1. The zero-order valence-electron chi connectivity index (χ0n) is 14.1. The molecule has 126 valence electrons. The third-order valence-corrected chi connectivity index (χ3v) is 4.80. The van der Waals surface area contributed by atoms with Crippen molar-refractivity contribution in [3.05, 3.63) is 29.8 Å². The second kappa shape index (κ2) is 7.99. The Morgan fingerprint density at radius 3 is 2.70 bits per heavy atom. The molecule has 1 fully saturated rings. The lowest BCUT2D eigenvalue weighted by Gasteiger charge is -2.34. The van der Waals surface area contributed by atoms with Crippen molar-refractivity contribution < 1.29 is 14.3 Å². The maximum absolute atomic E-state index is 12.1. The Morgan fingerprint density at radius 2 is 1.96 bits per heavy atom. The SMILES string of the molecule is CNc1ccccc1C(=O)OCC(=O)N[C@@H]1CCC[C@H](C)[C@H]1C. The summed E-state index contributed by atoms with van der Waals surface area (Å²) in [5, 5.41) is 5.94. The summed E-state index contributed by atoms with van der Waals surface area (Å²) in [5.41, 5.74) is 1.12. The van der Waals surface area contributed by atoms with E-state index in [1.54, 1.807) is 25.2 Å². The van der Waals surface area contributed by atoms with Crippen LogP contribution in [0.4, 0.5) is 5.69 Å². The van der Waals surface area contributed by atoms with Crippen LogP contribution < -0.4 is 10.6 Å². The number of carbonyl (C=O) groups excluding carboxylic acids is 2. The van der Waals surface area contributed by atoms with Gasteiger partial charge in [-0.15, -0.1) is 0 Å². The number of esters is 1. The Labute approximate surface area is 137 Å². The number of benzene rings is 1. The average molecular weight is 318 g/mol. The van der Waals surface area contributed by atoms with Gasteiger partial charge in [0.25, 0.3) is 5.91 Å². The highest BCUT2D eigenvalue weighted by Crippen LogP contribution is 2.29. The number of hydrogen-bond donors (Lipinski definition) is 2. The molecule has 1 aliphatic rings. The monoisotopic (exact) mass is 318 g/mol. The first-order valence-electron chi connectivity index (χ1n) is 8.26. The predicted molar refractivity (Wildman–Crippen MR) is 90.4 cm³/mol. The standard InChI is InChI=1S/C18H26N2O3/c1-12-7-6-10-15(13(12)2)20-17(21)11-23-18(22)14-8-4-5-9-16(14)19-3/h4-5,8-9,12-13,15,19H,6-7,10-11H2,1-3H3,(H,20,21)/t12-,13+,15+/m0/s1. The van der Waals surface area contributed by atoms with Crippen molar-refractivity contribution in [2.45, 2.75) is 39.2 Å². The molecule has 0 heterocycles. The van der Waals surface area contributed by atoms with Crippen LogP contribution >= 0.6 is 0 Å². The van der Waals surface area contributed by atoms with E-state index in [1.165, 1.54) is 6.42 Å². The van der Waals surface area contributed by atoms with Crippen LogP contribution in [-0.4, -0.2) is 31.6 Å². The fourth-order valence-corrected chi connectivity index (χ4v) is 3.12. The van der Waals surface area contributed by atoms with E-state index >= 15 is 0 Å². The number of ether oxygens (including phenoxy) is 1. The van der Waals surface area contributed by atoms with Crippen LogP contribution in [0, 0.1) is 11.8 Å². The van der Waals surface area contributed by atoms with Gasteiger partial charge >= 0.3 is 5.97 Å². The molecular weight excluding hydrogens is 292 g/mol. The highest BCUT2D eigenvalue weighted by atomic mass is 16.5. The van der Waals surface area contributed by atoms with Gasteiger partial charge in [-0.05, 0) is 30.4 Å². The van der Waals surface area contributed by atoms with Gasteiger partial charge in [0, 0.05) is 18.8 Å². The molecule has 5 nitrogen and oxygen atoms in total. The Bertz CT molecular complexity index is 559. The van der Waals surface area contributed by atoms with Crippen molar-refractivity contribution in [1.29, 1.82) is 0 Å². The minimum Gasteiger partial charge on any atom is -0.452 e. The fourth-order valence-electron chi connectivity index (χ4n) is 3.12. The van der Waals surface area contributed by atoms with Gasteiger partial charge in [-0.1, -0.05) is 38.8 Å². The van der Waals surface area contributed by atoms with E-state index in [0.717, 1.165) is 12.8 Å². The smallest absolute Gasteiger partial charge is 0.340 e. The molecule has 1 amide bonds. The summed E-state index contributed by atoms with van der Waals surface area (Å²) in [5.74, 6) is 0.342. The molecule has 5 heteroatoms. The predicted octanol–water partition coefficient (Wildman–Crippen LogP) is 2.83. The van der Waals surface area contributed by atoms with Crippen LogP contribution in [-0.2, 0) is 9.53 Å². The average Bonchev–Trinajstić information content (AvgIpc) is 2.56. The molecule has 0 aromatic heterocycles. The number of amides is 1. The molecule has 0 saturated heterocycles. The third kappa shape index (κ3) is 4.47. The molecule has 1 saturated carbocycles. The first-order chi connectivity index (χ1) is 11.0. The molecule has 3 atom stereocenters. The van der Waals surface area contributed by atoms with E-state index in [0.29, 0.717) is 23.1 Å². The van der Waals surface area contributed by atoms with Crippen molar-refractivity contribution in [2.75, 3.05) is 19.0 Å². The lowest BCUT2D eigenvalue weighted by atomic mass is 9.78. The molecule has 0 unspecified atom stereocenters. The van der Waals surface area contributed by atoms with Gasteiger partial charge < -0.3 is 15.4 Å². The van der Waals surface area contributed by atoms with Crippen LogP contribution in [0.25, 0.3) is 0 Å². The van der Waals surface area contributed by atoms with E-state index in [4.69, 9.17) is 4.74 Å². The van der Waals surface area contributed by atoms with Crippen LogP contribution in [0.2, 0.25) is 0 Å². The molecule has 2 N–H and O–H groups in total. The van der Waals surface area contributed by atoms with Crippen molar-refractivity contribution >= 4 is 17.6 Å². The quantitative estimate of drug-likeness (QED) is 0.819. The normalized spacial score (nSPS) is 23.9.